The van der Waals surface area contributed by atoms with Crippen LogP contribution in [0, 0.1) is 0 Å². The Labute approximate surface area is 125 Å². The minimum absolute atomic E-state index is 0.282. The molecule has 0 aliphatic heterocycles. The fraction of sp³-hybridized carbons (Fsp3) is 0.533. The molecule has 0 heterocycles. The number of amides is 1. The maximum atomic E-state index is 12.3. The van der Waals surface area contributed by atoms with Crippen LogP contribution in [-0.4, -0.2) is 38.9 Å². The molecule has 0 atom stereocenters. The summed E-state index contributed by atoms with van der Waals surface area (Å²) in [5, 5.41) is 2.81. The summed E-state index contributed by atoms with van der Waals surface area (Å²) in [6, 6.07) is 3.22. The van der Waals surface area contributed by atoms with Crippen LogP contribution in [0.15, 0.2) is 12.1 Å². The van der Waals surface area contributed by atoms with E-state index in [1.807, 2.05) is 20.8 Å². The van der Waals surface area contributed by atoms with Gasteiger partial charge in [-0.15, -0.1) is 0 Å². The van der Waals surface area contributed by atoms with Gasteiger partial charge in [-0.2, -0.15) is 0 Å². The number of methoxy groups -OCH3 is 2. The van der Waals surface area contributed by atoms with Crippen LogP contribution in [0.25, 0.3) is 0 Å². The average molecular weight is 296 g/mol. The highest BCUT2D eigenvalue weighted by molar-refractivity contribution is 6.01. The normalized spacial score (nSPS) is 11.1. The molecule has 1 rings (SSSR count). The molecule has 0 saturated heterocycles. The molecule has 3 N–H and O–H groups in total. The summed E-state index contributed by atoms with van der Waals surface area (Å²) in [4.78, 5) is 12.3. The van der Waals surface area contributed by atoms with Crippen molar-refractivity contribution in [2.45, 2.75) is 26.4 Å². The summed E-state index contributed by atoms with van der Waals surface area (Å²) in [6.07, 6.45) is 0. The molecule has 0 aliphatic rings. The summed E-state index contributed by atoms with van der Waals surface area (Å²) in [5.41, 5.74) is 6.10. The molecule has 0 aromatic heterocycles. The third-order valence-corrected chi connectivity index (χ3v) is 3.03. The number of hydrogen-bond donors (Lipinski definition) is 2. The zero-order valence-electron chi connectivity index (χ0n) is 13.3. The maximum Gasteiger partial charge on any atom is 0.253 e. The van der Waals surface area contributed by atoms with Gasteiger partial charge in [-0.1, -0.05) is 0 Å². The van der Waals surface area contributed by atoms with E-state index in [-0.39, 0.29) is 11.6 Å². The highest BCUT2D eigenvalue weighted by Crippen LogP contribution is 2.31. The monoisotopic (exact) mass is 296 g/mol. The van der Waals surface area contributed by atoms with Crippen molar-refractivity contribution in [3.8, 4) is 11.5 Å². The minimum Gasteiger partial charge on any atom is -0.497 e. The smallest absolute Gasteiger partial charge is 0.253 e. The van der Waals surface area contributed by atoms with Crippen LogP contribution in [-0.2, 0) is 4.74 Å². The molecule has 0 spiro atoms. The van der Waals surface area contributed by atoms with E-state index in [0.29, 0.717) is 30.2 Å². The Balaban J connectivity index is 2.92. The van der Waals surface area contributed by atoms with Gasteiger partial charge in [-0.05, 0) is 26.8 Å². The molecule has 118 valence electrons. The number of carbonyl (C=O) groups excluding carboxylic acids is 1. The molecule has 0 radical (unpaired) electrons. The third kappa shape index (κ3) is 4.53. The molecule has 0 saturated carbocycles. The number of carbonyl (C=O) groups is 1. The van der Waals surface area contributed by atoms with Crippen LogP contribution in [0.5, 0.6) is 11.5 Å². The summed E-state index contributed by atoms with van der Waals surface area (Å²) < 4.78 is 15.8. The van der Waals surface area contributed by atoms with Crippen molar-refractivity contribution < 1.29 is 19.0 Å². The first-order valence-corrected chi connectivity index (χ1v) is 6.78. The van der Waals surface area contributed by atoms with Crippen LogP contribution in [0.4, 0.5) is 5.69 Å². The molecule has 1 amide bonds. The second kappa shape index (κ2) is 7.17. The van der Waals surface area contributed by atoms with Crippen LogP contribution in [0.1, 0.15) is 31.1 Å². The van der Waals surface area contributed by atoms with Gasteiger partial charge in [-0.25, -0.2) is 0 Å². The molecular weight excluding hydrogens is 272 g/mol. The molecule has 0 aliphatic carbocycles. The molecule has 6 heteroatoms. The van der Waals surface area contributed by atoms with Crippen molar-refractivity contribution in [3.63, 3.8) is 0 Å². The highest BCUT2D eigenvalue weighted by Gasteiger charge is 2.21. The average Bonchev–Trinajstić information content (AvgIpc) is 2.45. The van der Waals surface area contributed by atoms with E-state index in [0.717, 1.165) is 0 Å². The summed E-state index contributed by atoms with van der Waals surface area (Å²) in [7, 11) is 3.01. The fourth-order valence-corrected chi connectivity index (χ4v) is 1.91. The quantitative estimate of drug-likeness (QED) is 0.750. The number of anilines is 1. The van der Waals surface area contributed by atoms with E-state index >= 15 is 0 Å². The van der Waals surface area contributed by atoms with E-state index in [2.05, 4.69) is 5.32 Å². The third-order valence-electron chi connectivity index (χ3n) is 3.03. The summed E-state index contributed by atoms with van der Waals surface area (Å²) in [5.74, 6) is 0.622. The van der Waals surface area contributed by atoms with Crippen molar-refractivity contribution >= 4 is 11.6 Å². The van der Waals surface area contributed by atoms with E-state index < -0.39 is 5.60 Å². The van der Waals surface area contributed by atoms with Crippen molar-refractivity contribution in [1.82, 2.24) is 5.32 Å². The Kier molecular flexibility index (Phi) is 5.84. The Hall–Kier alpha value is -1.95. The Morgan fingerprint density at radius 1 is 1.29 bits per heavy atom. The Morgan fingerprint density at radius 3 is 2.48 bits per heavy atom. The van der Waals surface area contributed by atoms with E-state index in [4.69, 9.17) is 19.9 Å². The lowest BCUT2D eigenvalue weighted by Gasteiger charge is -2.25. The highest BCUT2D eigenvalue weighted by atomic mass is 16.5. The molecule has 6 nitrogen and oxygen atoms in total. The topological polar surface area (TPSA) is 82.8 Å². The van der Waals surface area contributed by atoms with Gasteiger partial charge < -0.3 is 25.3 Å². The number of ether oxygens (including phenoxy) is 3. The van der Waals surface area contributed by atoms with Crippen molar-refractivity contribution in [1.29, 1.82) is 0 Å². The standard InChI is InChI=1S/C15H24N2O4/c1-6-21-15(2,3)9-17-14(18)11-7-10(19-4)8-12(20-5)13(11)16/h7-8H,6,9,16H2,1-5H3,(H,17,18). The van der Waals surface area contributed by atoms with Gasteiger partial charge >= 0.3 is 0 Å². The predicted molar refractivity (Wildman–Crippen MR) is 82.0 cm³/mol. The first-order chi connectivity index (χ1) is 9.84. The number of rotatable bonds is 7. The van der Waals surface area contributed by atoms with Crippen LogP contribution in [0.2, 0.25) is 0 Å². The van der Waals surface area contributed by atoms with Crippen molar-refractivity contribution in [3.05, 3.63) is 17.7 Å². The van der Waals surface area contributed by atoms with Crippen LogP contribution < -0.4 is 20.5 Å². The lowest BCUT2D eigenvalue weighted by molar-refractivity contribution is -0.00815. The zero-order valence-corrected chi connectivity index (χ0v) is 13.3. The molecule has 1 aromatic carbocycles. The SMILES string of the molecule is CCOC(C)(C)CNC(=O)c1cc(OC)cc(OC)c1N. The van der Waals surface area contributed by atoms with Crippen molar-refractivity contribution in [2.24, 2.45) is 0 Å². The van der Waals surface area contributed by atoms with Crippen LogP contribution >= 0.6 is 0 Å². The summed E-state index contributed by atoms with van der Waals surface area (Å²) in [6.45, 7) is 6.68. The lowest BCUT2D eigenvalue weighted by Crippen LogP contribution is -2.40. The zero-order chi connectivity index (χ0) is 16.0. The van der Waals surface area contributed by atoms with Gasteiger partial charge in [0.15, 0.2) is 0 Å². The molecular formula is C15H24N2O4. The van der Waals surface area contributed by atoms with E-state index in [1.54, 1.807) is 12.1 Å². The number of nitrogen functional groups attached to an aromatic ring is 1. The second-order valence-corrected chi connectivity index (χ2v) is 5.17. The van der Waals surface area contributed by atoms with Gasteiger partial charge in [-0.3, -0.25) is 4.79 Å². The molecule has 1 aromatic rings. The van der Waals surface area contributed by atoms with Gasteiger partial charge in [0, 0.05) is 19.2 Å². The maximum absolute atomic E-state index is 12.3. The lowest BCUT2D eigenvalue weighted by atomic mass is 10.1. The molecule has 21 heavy (non-hydrogen) atoms. The summed E-state index contributed by atoms with van der Waals surface area (Å²) >= 11 is 0. The first-order valence-electron chi connectivity index (χ1n) is 6.78. The Morgan fingerprint density at radius 2 is 1.95 bits per heavy atom. The van der Waals surface area contributed by atoms with Gasteiger partial charge in [0.05, 0.1) is 31.1 Å². The molecule has 0 unspecified atom stereocenters. The molecule has 0 bridgehead atoms. The van der Waals surface area contributed by atoms with Crippen molar-refractivity contribution in [2.75, 3.05) is 33.1 Å². The van der Waals surface area contributed by atoms with E-state index in [1.165, 1.54) is 14.2 Å². The number of hydrogen-bond acceptors (Lipinski definition) is 5. The van der Waals surface area contributed by atoms with Gasteiger partial charge in [0.1, 0.15) is 11.5 Å². The second-order valence-electron chi connectivity index (χ2n) is 5.17. The largest absolute Gasteiger partial charge is 0.497 e. The number of nitrogens with one attached hydrogen (secondary N) is 1. The van der Waals surface area contributed by atoms with Gasteiger partial charge in [0.25, 0.3) is 5.91 Å². The van der Waals surface area contributed by atoms with Crippen LogP contribution in [0.3, 0.4) is 0 Å². The first kappa shape index (κ1) is 17.1. The van der Waals surface area contributed by atoms with Gasteiger partial charge in [0.2, 0.25) is 0 Å². The predicted octanol–water partition coefficient (Wildman–Crippen LogP) is 1.83. The fourth-order valence-electron chi connectivity index (χ4n) is 1.91. The Bertz CT molecular complexity index is 501. The number of nitrogens with two attached hydrogens (primary N) is 1. The molecule has 0 fully saturated rings. The van der Waals surface area contributed by atoms with E-state index in [9.17, 15) is 4.79 Å². The minimum atomic E-state index is -0.442. The number of benzene rings is 1.